The highest BCUT2D eigenvalue weighted by molar-refractivity contribution is 7.07. The molecule has 1 amide bonds. The van der Waals surface area contributed by atoms with Crippen molar-refractivity contribution in [3.8, 4) is 0 Å². The van der Waals surface area contributed by atoms with Gasteiger partial charge in [-0.05, 0) is 47.1 Å². The number of hydrogen-bond donors (Lipinski definition) is 1. The van der Waals surface area contributed by atoms with Crippen LogP contribution in [-0.2, 0) is 9.53 Å². The number of hydrogen-bond acceptors (Lipinski definition) is 4. The molecule has 0 bridgehead atoms. The Morgan fingerprint density at radius 1 is 1.48 bits per heavy atom. The lowest BCUT2D eigenvalue weighted by Gasteiger charge is -2.23. The van der Waals surface area contributed by atoms with Crippen LogP contribution in [0, 0.1) is 11.8 Å². The zero-order valence-corrected chi connectivity index (χ0v) is 13.6. The highest BCUT2D eigenvalue weighted by atomic mass is 32.1. The molecule has 2 atom stereocenters. The van der Waals surface area contributed by atoms with Gasteiger partial charge in [-0.15, -0.1) is 0 Å². The standard InChI is InChI=1S/C16H24N2O2S/c1-11(2)14-16(19)18(6-7-20-9-12-3-4-12)15(17-14)13-5-8-21-10-13/h5,8,10-12,14-15,17H,3-4,6-7,9H2,1-2H3. The summed E-state index contributed by atoms with van der Waals surface area (Å²) in [6.45, 7) is 6.34. The molecule has 1 aromatic heterocycles. The van der Waals surface area contributed by atoms with Crippen LogP contribution in [-0.4, -0.2) is 36.6 Å². The number of nitrogens with zero attached hydrogens (tertiary/aromatic N) is 1. The topological polar surface area (TPSA) is 41.6 Å². The first kappa shape index (κ1) is 15.0. The van der Waals surface area contributed by atoms with Gasteiger partial charge < -0.3 is 9.64 Å². The number of carbonyl (C=O) groups excluding carboxylic acids is 1. The van der Waals surface area contributed by atoms with Gasteiger partial charge in [0.25, 0.3) is 0 Å². The zero-order chi connectivity index (χ0) is 14.8. The van der Waals surface area contributed by atoms with Gasteiger partial charge in [-0.2, -0.15) is 11.3 Å². The number of rotatable bonds is 7. The molecule has 21 heavy (non-hydrogen) atoms. The van der Waals surface area contributed by atoms with E-state index in [-0.39, 0.29) is 18.1 Å². The average Bonchev–Trinajstić information content (AvgIpc) is 2.99. The van der Waals surface area contributed by atoms with Crippen molar-refractivity contribution in [2.45, 2.75) is 38.9 Å². The Morgan fingerprint density at radius 3 is 2.90 bits per heavy atom. The van der Waals surface area contributed by atoms with Gasteiger partial charge in [-0.25, -0.2) is 0 Å². The Labute approximate surface area is 130 Å². The van der Waals surface area contributed by atoms with Crippen molar-refractivity contribution in [2.24, 2.45) is 11.8 Å². The molecule has 2 fully saturated rings. The Bertz CT molecular complexity index is 471. The van der Waals surface area contributed by atoms with Crippen molar-refractivity contribution in [3.63, 3.8) is 0 Å². The van der Waals surface area contributed by atoms with Crippen LogP contribution in [0.2, 0.25) is 0 Å². The fourth-order valence-corrected chi connectivity index (χ4v) is 3.44. The fraction of sp³-hybridized carbons (Fsp3) is 0.688. The maximum atomic E-state index is 12.6. The van der Waals surface area contributed by atoms with Gasteiger partial charge in [-0.3, -0.25) is 10.1 Å². The van der Waals surface area contributed by atoms with Crippen LogP contribution < -0.4 is 5.32 Å². The highest BCUT2D eigenvalue weighted by Gasteiger charge is 2.40. The predicted molar refractivity (Wildman–Crippen MR) is 84.1 cm³/mol. The van der Waals surface area contributed by atoms with E-state index in [4.69, 9.17) is 4.74 Å². The molecule has 3 rings (SSSR count). The normalized spacial score (nSPS) is 26.0. The van der Waals surface area contributed by atoms with Crippen molar-refractivity contribution in [1.29, 1.82) is 0 Å². The minimum Gasteiger partial charge on any atom is -0.379 e. The van der Waals surface area contributed by atoms with Crippen LogP contribution in [0.25, 0.3) is 0 Å². The molecule has 1 aromatic rings. The second-order valence-electron chi connectivity index (χ2n) is 6.40. The molecule has 4 nitrogen and oxygen atoms in total. The summed E-state index contributed by atoms with van der Waals surface area (Å²) in [4.78, 5) is 14.5. The monoisotopic (exact) mass is 308 g/mol. The molecule has 0 spiro atoms. The van der Waals surface area contributed by atoms with Gasteiger partial charge in [0.1, 0.15) is 6.17 Å². The second-order valence-corrected chi connectivity index (χ2v) is 7.18. The van der Waals surface area contributed by atoms with Crippen LogP contribution in [0.15, 0.2) is 16.8 Å². The SMILES string of the molecule is CC(C)C1NC(c2ccsc2)N(CCOCC2CC2)C1=O. The molecule has 2 aliphatic rings. The summed E-state index contributed by atoms with van der Waals surface area (Å²) in [7, 11) is 0. The summed E-state index contributed by atoms with van der Waals surface area (Å²) in [6.07, 6.45) is 2.61. The molecule has 2 heterocycles. The minimum absolute atomic E-state index is 0.000625. The third kappa shape index (κ3) is 3.47. The van der Waals surface area contributed by atoms with E-state index >= 15 is 0 Å². The quantitative estimate of drug-likeness (QED) is 0.787. The largest absolute Gasteiger partial charge is 0.379 e. The highest BCUT2D eigenvalue weighted by Crippen LogP contribution is 2.30. The first-order valence-corrected chi connectivity index (χ1v) is 8.77. The number of ether oxygens (including phenoxy) is 1. The maximum Gasteiger partial charge on any atom is 0.241 e. The molecule has 1 saturated carbocycles. The van der Waals surface area contributed by atoms with Crippen LogP contribution in [0.3, 0.4) is 0 Å². The van der Waals surface area contributed by atoms with E-state index in [2.05, 4.69) is 36.0 Å². The fourth-order valence-electron chi connectivity index (χ4n) is 2.76. The lowest BCUT2D eigenvalue weighted by atomic mass is 10.1. The number of thiophene rings is 1. The lowest BCUT2D eigenvalue weighted by Crippen LogP contribution is -2.36. The number of nitrogens with one attached hydrogen (secondary N) is 1. The maximum absolute atomic E-state index is 12.6. The van der Waals surface area contributed by atoms with Gasteiger partial charge in [0.15, 0.2) is 0 Å². The van der Waals surface area contributed by atoms with Gasteiger partial charge in [0.2, 0.25) is 5.91 Å². The van der Waals surface area contributed by atoms with Gasteiger partial charge >= 0.3 is 0 Å². The first-order valence-electron chi connectivity index (χ1n) is 7.83. The Morgan fingerprint density at radius 2 is 2.29 bits per heavy atom. The van der Waals surface area contributed by atoms with Crippen LogP contribution >= 0.6 is 11.3 Å². The van der Waals surface area contributed by atoms with E-state index in [0.717, 1.165) is 12.5 Å². The summed E-state index contributed by atoms with van der Waals surface area (Å²) in [5, 5.41) is 7.66. The lowest BCUT2D eigenvalue weighted by molar-refractivity contribution is -0.131. The van der Waals surface area contributed by atoms with E-state index in [1.807, 2.05) is 4.90 Å². The van der Waals surface area contributed by atoms with Crippen LogP contribution in [0.5, 0.6) is 0 Å². The first-order chi connectivity index (χ1) is 10.2. The summed E-state index contributed by atoms with van der Waals surface area (Å²) >= 11 is 1.67. The summed E-state index contributed by atoms with van der Waals surface area (Å²) in [5.74, 6) is 1.28. The van der Waals surface area contributed by atoms with Crippen molar-refractivity contribution in [1.82, 2.24) is 10.2 Å². The molecule has 2 unspecified atom stereocenters. The number of carbonyl (C=O) groups is 1. The van der Waals surface area contributed by atoms with E-state index in [1.165, 1.54) is 18.4 Å². The van der Waals surface area contributed by atoms with E-state index < -0.39 is 0 Å². The van der Waals surface area contributed by atoms with Gasteiger partial charge in [0.05, 0.1) is 12.6 Å². The molecular weight excluding hydrogens is 284 g/mol. The van der Waals surface area contributed by atoms with Crippen LogP contribution in [0.1, 0.15) is 38.4 Å². The molecular formula is C16H24N2O2S. The van der Waals surface area contributed by atoms with Crippen molar-refractivity contribution >= 4 is 17.2 Å². The van der Waals surface area contributed by atoms with Crippen LogP contribution in [0.4, 0.5) is 0 Å². The minimum atomic E-state index is -0.0849. The Kier molecular flexibility index (Phi) is 4.62. The Hall–Kier alpha value is -0.910. The van der Waals surface area contributed by atoms with E-state index in [9.17, 15) is 4.79 Å². The third-order valence-electron chi connectivity index (χ3n) is 4.25. The molecule has 1 N–H and O–H groups in total. The van der Waals surface area contributed by atoms with Crippen molar-refractivity contribution in [2.75, 3.05) is 19.8 Å². The summed E-state index contributed by atoms with van der Waals surface area (Å²) in [5.41, 5.74) is 1.18. The van der Waals surface area contributed by atoms with Gasteiger partial charge in [-0.1, -0.05) is 13.8 Å². The van der Waals surface area contributed by atoms with Crippen molar-refractivity contribution < 1.29 is 9.53 Å². The molecule has 5 heteroatoms. The summed E-state index contributed by atoms with van der Waals surface area (Å²) in [6, 6.07) is 2.01. The zero-order valence-electron chi connectivity index (χ0n) is 12.7. The summed E-state index contributed by atoms with van der Waals surface area (Å²) < 4.78 is 5.71. The number of amides is 1. The van der Waals surface area contributed by atoms with E-state index in [1.54, 1.807) is 11.3 Å². The second kappa shape index (κ2) is 6.46. The van der Waals surface area contributed by atoms with Crippen molar-refractivity contribution in [3.05, 3.63) is 22.4 Å². The molecule has 1 aliphatic heterocycles. The molecule has 0 aromatic carbocycles. The molecule has 1 aliphatic carbocycles. The molecule has 0 radical (unpaired) electrons. The molecule has 1 saturated heterocycles. The average molecular weight is 308 g/mol. The Balaban J connectivity index is 1.62. The third-order valence-corrected chi connectivity index (χ3v) is 4.95. The predicted octanol–water partition coefficient (Wildman–Crippen LogP) is 2.63. The smallest absolute Gasteiger partial charge is 0.241 e. The van der Waals surface area contributed by atoms with E-state index in [0.29, 0.717) is 19.1 Å². The van der Waals surface area contributed by atoms with Gasteiger partial charge in [0, 0.05) is 13.2 Å². The molecule has 116 valence electrons.